The van der Waals surface area contributed by atoms with Crippen molar-refractivity contribution >= 4 is 21.8 Å². The van der Waals surface area contributed by atoms with Crippen LogP contribution in [0.25, 0.3) is 0 Å². The summed E-state index contributed by atoms with van der Waals surface area (Å²) in [6.45, 7) is 2.14. The number of rotatable bonds is 7. The largest absolute Gasteiger partial charge is 0.352 e. The van der Waals surface area contributed by atoms with Crippen LogP contribution in [0.4, 0.5) is 0 Å². The van der Waals surface area contributed by atoms with Gasteiger partial charge in [0.1, 0.15) is 6.04 Å². The molecule has 2 N–H and O–H groups in total. The number of nitrogens with one attached hydrogen (secondary N) is 2. The van der Waals surface area contributed by atoms with Gasteiger partial charge in [0.2, 0.25) is 5.91 Å². The second-order valence-electron chi connectivity index (χ2n) is 6.31. The van der Waals surface area contributed by atoms with Crippen molar-refractivity contribution in [2.75, 3.05) is 0 Å². The van der Waals surface area contributed by atoms with Crippen molar-refractivity contribution in [2.24, 2.45) is 0 Å². The van der Waals surface area contributed by atoms with Crippen LogP contribution >= 0.6 is 15.9 Å². The van der Waals surface area contributed by atoms with Gasteiger partial charge in [-0.05, 0) is 42.5 Å². The van der Waals surface area contributed by atoms with Gasteiger partial charge in [0.05, 0.1) is 0 Å². The molecule has 2 aromatic carbocycles. The number of amides is 1. The van der Waals surface area contributed by atoms with Crippen LogP contribution in [0.3, 0.4) is 0 Å². The molecule has 2 aromatic rings. The van der Waals surface area contributed by atoms with Gasteiger partial charge < -0.3 is 5.32 Å². The zero-order valence-electron chi connectivity index (χ0n) is 13.8. The molecule has 1 saturated carbocycles. The highest BCUT2D eigenvalue weighted by molar-refractivity contribution is 9.10. The summed E-state index contributed by atoms with van der Waals surface area (Å²) < 4.78 is 1.06. The van der Waals surface area contributed by atoms with Crippen LogP contribution in [0.15, 0.2) is 59.1 Å². The highest BCUT2D eigenvalue weighted by atomic mass is 79.9. The van der Waals surface area contributed by atoms with E-state index in [0.29, 0.717) is 6.04 Å². The molecular weight excluding hydrogens is 364 g/mol. The molecule has 1 amide bonds. The van der Waals surface area contributed by atoms with E-state index in [1.807, 2.05) is 42.5 Å². The van der Waals surface area contributed by atoms with Crippen molar-refractivity contribution in [3.8, 4) is 0 Å². The molecule has 1 fully saturated rings. The third-order valence-corrected chi connectivity index (χ3v) is 4.90. The van der Waals surface area contributed by atoms with Crippen molar-refractivity contribution in [1.82, 2.24) is 10.6 Å². The van der Waals surface area contributed by atoms with Crippen LogP contribution in [0.1, 0.15) is 49.4 Å². The van der Waals surface area contributed by atoms with Gasteiger partial charge in [-0.25, -0.2) is 0 Å². The lowest BCUT2D eigenvalue weighted by atomic mass is 10.00. The lowest BCUT2D eigenvalue weighted by Gasteiger charge is -2.25. The van der Waals surface area contributed by atoms with E-state index in [4.69, 9.17) is 0 Å². The molecule has 0 spiro atoms. The fourth-order valence-electron chi connectivity index (χ4n) is 2.83. The third-order valence-electron chi connectivity index (χ3n) is 4.37. The summed E-state index contributed by atoms with van der Waals surface area (Å²) in [5.74, 6) is 0.0688. The van der Waals surface area contributed by atoms with E-state index in [1.54, 1.807) is 0 Å². The molecule has 0 radical (unpaired) electrons. The lowest BCUT2D eigenvalue weighted by Crippen LogP contribution is -2.40. The third kappa shape index (κ3) is 4.46. The molecule has 0 bridgehead atoms. The summed E-state index contributed by atoms with van der Waals surface area (Å²) in [7, 11) is 0. The summed E-state index contributed by atoms with van der Waals surface area (Å²) in [6.07, 6.45) is 3.11. The summed E-state index contributed by atoms with van der Waals surface area (Å²) >= 11 is 3.48. The van der Waals surface area contributed by atoms with Crippen LogP contribution < -0.4 is 10.6 Å². The quantitative estimate of drug-likeness (QED) is 0.734. The Hall–Kier alpha value is -1.65. The maximum atomic E-state index is 12.7. The highest BCUT2D eigenvalue weighted by Crippen LogP contribution is 2.26. The highest BCUT2D eigenvalue weighted by Gasteiger charge is 2.29. The van der Waals surface area contributed by atoms with E-state index in [1.165, 1.54) is 5.56 Å². The molecular formula is C20H23BrN2O. The summed E-state index contributed by atoms with van der Waals surface area (Å²) in [5, 5.41) is 6.69. The first kappa shape index (κ1) is 17.2. The van der Waals surface area contributed by atoms with Gasteiger partial charge in [0.25, 0.3) is 0 Å². The molecule has 0 aliphatic heterocycles. The molecule has 3 rings (SSSR count). The van der Waals surface area contributed by atoms with E-state index in [2.05, 4.69) is 45.6 Å². The fourth-order valence-corrected chi connectivity index (χ4v) is 3.09. The fraction of sp³-hybridized carbons (Fsp3) is 0.350. The molecule has 4 heteroatoms. The number of benzene rings is 2. The van der Waals surface area contributed by atoms with Crippen molar-refractivity contribution in [3.63, 3.8) is 0 Å². The molecule has 2 atom stereocenters. The van der Waals surface area contributed by atoms with E-state index in [-0.39, 0.29) is 18.0 Å². The average Bonchev–Trinajstić information content (AvgIpc) is 3.41. The van der Waals surface area contributed by atoms with Gasteiger partial charge in [-0.3, -0.25) is 10.1 Å². The normalized spacial score (nSPS) is 16.4. The number of hydrogen-bond donors (Lipinski definition) is 2. The number of halogens is 1. The molecule has 24 heavy (non-hydrogen) atoms. The number of carbonyl (C=O) groups is 1. The van der Waals surface area contributed by atoms with Crippen molar-refractivity contribution in [1.29, 1.82) is 0 Å². The van der Waals surface area contributed by atoms with E-state index < -0.39 is 0 Å². The molecule has 0 aromatic heterocycles. The molecule has 0 unspecified atom stereocenters. The molecule has 0 heterocycles. The minimum absolute atomic E-state index is 0.0688. The SMILES string of the molecule is CC[C@H](N[C@@H](C(=O)NC1CC1)c1ccccc1)c1ccc(Br)cc1. The van der Waals surface area contributed by atoms with Crippen LogP contribution in [-0.2, 0) is 4.79 Å². The molecule has 3 nitrogen and oxygen atoms in total. The maximum absolute atomic E-state index is 12.7. The Morgan fingerprint density at radius 2 is 1.75 bits per heavy atom. The summed E-state index contributed by atoms with van der Waals surface area (Å²) in [6, 6.07) is 18.4. The summed E-state index contributed by atoms with van der Waals surface area (Å²) in [5.41, 5.74) is 2.20. The van der Waals surface area contributed by atoms with Crippen molar-refractivity contribution < 1.29 is 4.79 Å². The Morgan fingerprint density at radius 3 is 2.33 bits per heavy atom. The molecule has 1 aliphatic carbocycles. The monoisotopic (exact) mass is 386 g/mol. The van der Waals surface area contributed by atoms with Gasteiger partial charge in [-0.1, -0.05) is 65.3 Å². The van der Waals surface area contributed by atoms with Crippen LogP contribution in [0, 0.1) is 0 Å². The Balaban J connectivity index is 1.81. The van der Waals surface area contributed by atoms with Crippen LogP contribution in [0.2, 0.25) is 0 Å². The number of hydrogen-bond acceptors (Lipinski definition) is 2. The minimum Gasteiger partial charge on any atom is -0.352 e. The number of carbonyl (C=O) groups excluding carboxylic acids is 1. The Labute approximate surface area is 152 Å². The van der Waals surface area contributed by atoms with E-state index in [9.17, 15) is 4.79 Å². The first-order chi connectivity index (χ1) is 11.7. The van der Waals surface area contributed by atoms with E-state index in [0.717, 1.165) is 29.3 Å². The standard InChI is InChI=1S/C20H23BrN2O/c1-2-18(14-8-10-16(21)11-9-14)23-19(15-6-4-3-5-7-15)20(24)22-17-12-13-17/h3-11,17-19,23H,2,12-13H2,1H3,(H,22,24)/t18-,19+/m0/s1. The predicted molar refractivity (Wildman–Crippen MR) is 101 cm³/mol. The van der Waals surface area contributed by atoms with Crippen LogP contribution in [0.5, 0.6) is 0 Å². The zero-order chi connectivity index (χ0) is 16.9. The van der Waals surface area contributed by atoms with Crippen LogP contribution in [-0.4, -0.2) is 11.9 Å². The Morgan fingerprint density at radius 1 is 1.08 bits per heavy atom. The second-order valence-corrected chi connectivity index (χ2v) is 7.22. The average molecular weight is 387 g/mol. The minimum atomic E-state index is -0.333. The maximum Gasteiger partial charge on any atom is 0.241 e. The van der Waals surface area contributed by atoms with Gasteiger partial charge in [0, 0.05) is 16.6 Å². The first-order valence-corrected chi connectivity index (χ1v) is 9.33. The first-order valence-electron chi connectivity index (χ1n) is 8.54. The lowest BCUT2D eigenvalue weighted by molar-refractivity contribution is -0.123. The van der Waals surface area contributed by atoms with Crippen molar-refractivity contribution in [3.05, 3.63) is 70.2 Å². The Bertz CT molecular complexity index is 668. The van der Waals surface area contributed by atoms with Gasteiger partial charge in [0.15, 0.2) is 0 Å². The second kappa shape index (κ2) is 7.95. The van der Waals surface area contributed by atoms with Gasteiger partial charge in [-0.2, -0.15) is 0 Å². The molecule has 126 valence electrons. The smallest absolute Gasteiger partial charge is 0.241 e. The topological polar surface area (TPSA) is 41.1 Å². The van der Waals surface area contributed by atoms with Crippen molar-refractivity contribution in [2.45, 2.75) is 44.3 Å². The van der Waals surface area contributed by atoms with E-state index >= 15 is 0 Å². The zero-order valence-corrected chi connectivity index (χ0v) is 15.4. The molecule has 0 saturated heterocycles. The predicted octanol–water partition coefficient (Wildman–Crippen LogP) is 4.51. The summed E-state index contributed by atoms with van der Waals surface area (Å²) in [4.78, 5) is 12.7. The van der Waals surface area contributed by atoms with Gasteiger partial charge in [-0.15, -0.1) is 0 Å². The van der Waals surface area contributed by atoms with Gasteiger partial charge >= 0.3 is 0 Å². The molecule has 1 aliphatic rings. The Kier molecular flexibility index (Phi) is 5.69.